The van der Waals surface area contributed by atoms with E-state index < -0.39 is 0 Å². The zero-order valence-corrected chi connectivity index (χ0v) is 17.2. The van der Waals surface area contributed by atoms with Crippen molar-refractivity contribution in [2.24, 2.45) is 11.8 Å². The minimum atomic E-state index is -0.196. The molecular formula is C24H27NO5. The first-order valence-corrected chi connectivity index (χ1v) is 10.4. The molecule has 0 saturated carbocycles. The van der Waals surface area contributed by atoms with E-state index in [0.29, 0.717) is 30.9 Å². The topological polar surface area (TPSA) is 73.9 Å². The second-order valence-corrected chi connectivity index (χ2v) is 8.20. The van der Waals surface area contributed by atoms with Gasteiger partial charge in [0.15, 0.2) is 5.78 Å². The van der Waals surface area contributed by atoms with Crippen LogP contribution < -0.4 is 10.1 Å². The monoisotopic (exact) mass is 409 g/mol. The van der Waals surface area contributed by atoms with Crippen molar-refractivity contribution in [1.82, 2.24) is 5.32 Å². The highest BCUT2D eigenvalue weighted by Gasteiger charge is 2.48. The molecule has 4 atom stereocenters. The first kappa shape index (κ1) is 20.6. The predicted octanol–water partition coefficient (Wildman–Crippen LogP) is 3.61. The fourth-order valence-corrected chi connectivity index (χ4v) is 3.94. The first-order chi connectivity index (χ1) is 14.5. The van der Waals surface area contributed by atoms with Gasteiger partial charge in [-0.15, -0.1) is 0 Å². The van der Waals surface area contributed by atoms with Crippen LogP contribution in [0, 0.1) is 11.8 Å². The minimum absolute atomic E-state index is 0.0115. The Labute approximate surface area is 176 Å². The summed E-state index contributed by atoms with van der Waals surface area (Å²) in [5, 5.41) is 3.00. The van der Waals surface area contributed by atoms with E-state index >= 15 is 0 Å². The molecule has 0 radical (unpaired) electrons. The minimum Gasteiger partial charge on any atom is -0.457 e. The molecule has 6 nitrogen and oxygen atoms in total. The standard InChI is InChI=1S/C24H27NO5/c1-15(2)24(27)25-20-14-29-22-17(13-28-23(20)22)12-21(26)16-7-6-10-19(11-16)30-18-8-4-3-5-9-18/h3-11,15,17,20,22-23H,12-14H2,1-2H3,(H,25,27)/t17-,20-,22+,23+/m0/s1. The average molecular weight is 409 g/mol. The Balaban J connectivity index is 1.37. The number of hydrogen-bond acceptors (Lipinski definition) is 5. The van der Waals surface area contributed by atoms with Crippen LogP contribution in [0.4, 0.5) is 0 Å². The number of carbonyl (C=O) groups is 2. The van der Waals surface area contributed by atoms with Gasteiger partial charge in [0.2, 0.25) is 5.91 Å². The summed E-state index contributed by atoms with van der Waals surface area (Å²) in [6.07, 6.45) is -0.0331. The third-order valence-corrected chi connectivity index (χ3v) is 5.59. The Bertz CT molecular complexity index is 897. The second-order valence-electron chi connectivity index (χ2n) is 8.20. The van der Waals surface area contributed by atoms with Crippen LogP contribution in [0.2, 0.25) is 0 Å². The lowest BCUT2D eigenvalue weighted by molar-refractivity contribution is -0.125. The van der Waals surface area contributed by atoms with Gasteiger partial charge in [-0.25, -0.2) is 0 Å². The number of ketones is 1. The molecule has 2 aromatic rings. The molecule has 0 unspecified atom stereocenters. The van der Waals surface area contributed by atoms with Crippen LogP contribution >= 0.6 is 0 Å². The highest BCUT2D eigenvalue weighted by molar-refractivity contribution is 5.96. The van der Waals surface area contributed by atoms with E-state index in [1.807, 2.05) is 56.3 Å². The summed E-state index contributed by atoms with van der Waals surface area (Å²) in [4.78, 5) is 24.9. The molecule has 0 spiro atoms. The summed E-state index contributed by atoms with van der Waals surface area (Å²) >= 11 is 0. The number of benzene rings is 2. The summed E-state index contributed by atoms with van der Waals surface area (Å²) < 4.78 is 17.6. The summed E-state index contributed by atoms with van der Waals surface area (Å²) in [5.74, 6) is 1.25. The largest absolute Gasteiger partial charge is 0.457 e. The van der Waals surface area contributed by atoms with Crippen molar-refractivity contribution in [2.75, 3.05) is 13.2 Å². The predicted molar refractivity (Wildman–Crippen MR) is 112 cm³/mol. The molecule has 158 valence electrons. The molecule has 2 aliphatic rings. The van der Waals surface area contributed by atoms with E-state index in [1.165, 1.54) is 0 Å². The highest BCUT2D eigenvalue weighted by atomic mass is 16.6. The summed E-state index contributed by atoms with van der Waals surface area (Å²) in [7, 11) is 0. The van der Waals surface area contributed by atoms with Gasteiger partial charge < -0.3 is 19.5 Å². The molecule has 2 fully saturated rings. The van der Waals surface area contributed by atoms with Gasteiger partial charge in [-0.1, -0.05) is 44.2 Å². The van der Waals surface area contributed by atoms with Gasteiger partial charge in [-0.2, -0.15) is 0 Å². The van der Waals surface area contributed by atoms with Gasteiger partial charge in [-0.05, 0) is 24.3 Å². The SMILES string of the molecule is CC(C)C(=O)N[C@H]1CO[C@@H]2[C@@H](CC(=O)c3cccc(Oc4ccccc4)c3)CO[C@@H]21. The van der Waals surface area contributed by atoms with E-state index in [0.717, 1.165) is 5.75 Å². The van der Waals surface area contributed by atoms with Crippen LogP contribution in [0.1, 0.15) is 30.6 Å². The fourth-order valence-electron chi connectivity index (χ4n) is 3.94. The molecule has 2 saturated heterocycles. The molecule has 6 heteroatoms. The Morgan fingerprint density at radius 3 is 2.50 bits per heavy atom. The van der Waals surface area contributed by atoms with Crippen molar-refractivity contribution in [3.8, 4) is 11.5 Å². The number of fused-ring (bicyclic) bond motifs is 1. The maximum atomic E-state index is 12.9. The van der Waals surface area contributed by atoms with Gasteiger partial charge in [0.25, 0.3) is 0 Å². The van der Waals surface area contributed by atoms with Gasteiger partial charge in [0.1, 0.15) is 17.6 Å². The highest BCUT2D eigenvalue weighted by Crippen LogP contribution is 2.34. The van der Waals surface area contributed by atoms with Crippen LogP contribution in [-0.2, 0) is 14.3 Å². The molecule has 2 aliphatic heterocycles. The number of para-hydroxylation sites is 1. The van der Waals surface area contributed by atoms with Crippen molar-refractivity contribution in [3.63, 3.8) is 0 Å². The van der Waals surface area contributed by atoms with Crippen molar-refractivity contribution >= 4 is 11.7 Å². The lowest BCUT2D eigenvalue weighted by Gasteiger charge is -2.19. The van der Waals surface area contributed by atoms with Crippen molar-refractivity contribution in [1.29, 1.82) is 0 Å². The maximum absolute atomic E-state index is 12.9. The van der Waals surface area contributed by atoms with E-state index in [9.17, 15) is 9.59 Å². The zero-order chi connectivity index (χ0) is 21.1. The van der Waals surface area contributed by atoms with Gasteiger partial charge in [-0.3, -0.25) is 9.59 Å². The van der Waals surface area contributed by atoms with Crippen LogP contribution in [0.3, 0.4) is 0 Å². The van der Waals surface area contributed by atoms with E-state index in [4.69, 9.17) is 14.2 Å². The van der Waals surface area contributed by atoms with Crippen LogP contribution in [0.15, 0.2) is 54.6 Å². The van der Waals surface area contributed by atoms with Crippen molar-refractivity contribution < 1.29 is 23.8 Å². The fraction of sp³-hybridized carbons (Fsp3) is 0.417. The normalized spacial score (nSPS) is 25.2. The lowest BCUT2D eigenvalue weighted by atomic mass is 9.92. The number of amides is 1. The molecule has 0 bridgehead atoms. The Morgan fingerprint density at radius 1 is 1.00 bits per heavy atom. The summed E-state index contributed by atoms with van der Waals surface area (Å²) in [6, 6.07) is 16.5. The van der Waals surface area contributed by atoms with Gasteiger partial charge in [0.05, 0.1) is 25.4 Å². The maximum Gasteiger partial charge on any atom is 0.222 e. The number of carbonyl (C=O) groups excluding carboxylic acids is 2. The molecule has 2 aromatic carbocycles. The van der Waals surface area contributed by atoms with Gasteiger partial charge >= 0.3 is 0 Å². The Kier molecular flexibility index (Phi) is 6.16. The number of nitrogens with one attached hydrogen (secondary N) is 1. The number of rotatable bonds is 7. The molecule has 2 heterocycles. The number of ether oxygens (including phenoxy) is 3. The van der Waals surface area contributed by atoms with Crippen LogP contribution in [-0.4, -0.2) is 43.2 Å². The molecule has 30 heavy (non-hydrogen) atoms. The first-order valence-electron chi connectivity index (χ1n) is 10.4. The smallest absolute Gasteiger partial charge is 0.222 e. The third-order valence-electron chi connectivity index (χ3n) is 5.59. The zero-order valence-electron chi connectivity index (χ0n) is 17.2. The van der Waals surface area contributed by atoms with E-state index in [2.05, 4.69) is 5.32 Å². The lowest BCUT2D eigenvalue weighted by Crippen LogP contribution is -2.45. The Hall–Kier alpha value is -2.70. The quantitative estimate of drug-likeness (QED) is 0.708. The molecule has 0 aliphatic carbocycles. The van der Waals surface area contributed by atoms with Crippen LogP contribution in [0.25, 0.3) is 0 Å². The number of Topliss-reactive ketones (excluding diaryl/α,β-unsaturated/α-hetero) is 1. The van der Waals surface area contributed by atoms with E-state index in [-0.39, 0.29) is 41.8 Å². The molecule has 1 N–H and O–H groups in total. The van der Waals surface area contributed by atoms with Crippen molar-refractivity contribution in [2.45, 2.75) is 38.5 Å². The average Bonchev–Trinajstić information content (AvgIpc) is 3.32. The van der Waals surface area contributed by atoms with Crippen molar-refractivity contribution in [3.05, 3.63) is 60.2 Å². The molecule has 1 amide bonds. The molecular weight excluding hydrogens is 382 g/mol. The molecule has 4 rings (SSSR count). The van der Waals surface area contributed by atoms with E-state index in [1.54, 1.807) is 12.1 Å². The summed E-state index contributed by atoms with van der Waals surface area (Å²) in [6.45, 7) is 4.58. The third kappa shape index (κ3) is 4.55. The summed E-state index contributed by atoms with van der Waals surface area (Å²) in [5.41, 5.74) is 0.606. The number of hydrogen-bond donors (Lipinski definition) is 1. The van der Waals surface area contributed by atoms with Crippen LogP contribution in [0.5, 0.6) is 11.5 Å². The van der Waals surface area contributed by atoms with Gasteiger partial charge in [0, 0.05) is 23.8 Å². The Morgan fingerprint density at radius 2 is 1.73 bits per heavy atom. The second kappa shape index (κ2) is 8.98. The molecule has 0 aromatic heterocycles.